The SMILES string of the molecule is O=C(CN1CCC(c2nc3ccccc3s2)CC1)Nc1cc(C(F)(F)F)ccc1-n1cncn1. The number of thiazole rings is 1. The largest absolute Gasteiger partial charge is 0.416 e. The van der Waals surface area contributed by atoms with Crippen molar-refractivity contribution in [3.05, 3.63) is 65.7 Å². The summed E-state index contributed by atoms with van der Waals surface area (Å²) < 4.78 is 42.2. The highest BCUT2D eigenvalue weighted by atomic mass is 32.1. The van der Waals surface area contributed by atoms with Crippen LogP contribution in [-0.2, 0) is 11.0 Å². The molecule has 0 radical (unpaired) electrons. The van der Waals surface area contributed by atoms with Crippen molar-refractivity contribution in [2.45, 2.75) is 24.9 Å². The first-order chi connectivity index (χ1) is 16.4. The molecule has 1 N–H and O–H groups in total. The maximum atomic E-state index is 13.2. The van der Waals surface area contributed by atoms with Crippen LogP contribution < -0.4 is 5.32 Å². The van der Waals surface area contributed by atoms with Gasteiger partial charge in [0, 0.05) is 5.92 Å². The van der Waals surface area contributed by atoms with Crippen LogP contribution in [0.1, 0.15) is 29.3 Å². The van der Waals surface area contributed by atoms with Gasteiger partial charge in [0.1, 0.15) is 12.7 Å². The number of rotatable bonds is 5. The van der Waals surface area contributed by atoms with Crippen molar-refractivity contribution in [1.82, 2.24) is 24.6 Å². The van der Waals surface area contributed by atoms with E-state index in [9.17, 15) is 18.0 Å². The van der Waals surface area contributed by atoms with Crippen LogP contribution in [0.5, 0.6) is 0 Å². The lowest BCUT2D eigenvalue weighted by atomic mass is 9.97. The van der Waals surface area contributed by atoms with Crippen LogP contribution >= 0.6 is 11.3 Å². The van der Waals surface area contributed by atoms with Gasteiger partial charge in [0.25, 0.3) is 0 Å². The predicted molar refractivity (Wildman–Crippen MR) is 123 cm³/mol. The van der Waals surface area contributed by atoms with Gasteiger partial charge < -0.3 is 5.32 Å². The summed E-state index contributed by atoms with van der Waals surface area (Å²) in [6.45, 7) is 1.53. The van der Waals surface area contributed by atoms with E-state index in [4.69, 9.17) is 4.98 Å². The Kier molecular flexibility index (Phi) is 6.05. The fourth-order valence-electron chi connectivity index (χ4n) is 4.14. The van der Waals surface area contributed by atoms with Gasteiger partial charge in [0.2, 0.25) is 5.91 Å². The monoisotopic (exact) mass is 486 g/mol. The van der Waals surface area contributed by atoms with Crippen molar-refractivity contribution in [3.8, 4) is 5.69 Å². The zero-order chi connectivity index (χ0) is 23.7. The van der Waals surface area contributed by atoms with Gasteiger partial charge >= 0.3 is 6.18 Å². The third kappa shape index (κ3) is 4.80. The Hall–Kier alpha value is -3.31. The molecule has 1 amide bonds. The Labute approximate surface area is 197 Å². The number of carbonyl (C=O) groups is 1. The van der Waals surface area contributed by atoms with Gasteiger partial charge in [-0.3, -0.25) is 9.69 Å². The van der Waals surface area contributed by atoms with Gasteiger partial charge in [-0.15, -0.1) is 11.3 Å². The van der Waals surface area contributed by atoms with Gasteiger partial charge in [0.15, 0.2) is 0 Å². The van der Waals surface area contributed by atoms with Crippen LogP contribution in [0.15, 0.2) is 55.1 Å². The topological polar surface area (TPSA) is 75.9 Å². The maximum absolute atomic E-state index is 13.2. The second-order valence-electron chi connectivity index (χ2n) is 8.19. The molecule has 7 nitrogen and oxygen atoms in total. The number of fused-ring (bicyclic) bond motifs is 1. The number of para-hydroxylation sites is 1. The van der Waals surface area contributed by atoms with Gasteiger partial charge in [-0.1, -0.05) is 12.1 Å². The number of halogens is 3. The molecular formula is C23H21F3N6OS. The Balaban J connectivity index is 1.24. The number of amides is 1. The molecule has 0 saturated carbocycles. The Morgan fingerprint density at radius 1 is 1.15 bits per heavy atom. The molecule has 2 aromatic heterocycles. The molecule has 1 aliphatic heterocycles. The molecule has 2 aromatic carbocycles. The minimum absolute atomic E-state index is 0.0367. The number of nitrogens with one attached hydrogen (secondary N) is 1. The van der Waals surface area contributed by atoms with Crippen molar-refractivity contribution in [2.75, 3.05) is 25.0 Å². The Morgan fingerprint density at radius 2 is 1.94 bits per heavy atom. The second-order valence-corrected chi connectivity index (χ2v) is 9.25. The normalized spacial score (nSPS) is 15.6. The van der Waals surface area contributed by atoms with E-state index >= 15 is 0 Å². The summed E-state index contributed by atoms with van der Waals surface area (Å²) in [5.41, 5.74) is 0.514. The molecule has 3 heterocycles. The van der Waals surface area contributed by atoms with E-state index in [0.717, 1.165) is 35.5 Å². The number of alkyl halides is 3. The zero-order valence-corrected chi connectivity index (χ0v) is 18.8. The summed E-state index contributed by atoms with van der Waals surface area (Å²) in [5, 5.41) is 7.73. The Bertz CT molecular complexity index is 1260. The summed E-state index contributed by atoms with van der Waals surface area (Å²) in [7, 11) is 0. The quantitative estimate of drug-likeness (QED) is 0.442. The first-order valence-electron chi connectivity index (χ1n) is 10.8. The summed E-state index contributed by atoms with van der Waals surface area (Å²) in [5.74, 6) is -0.0294. The van der Waals surface area contributed by atoms with E-state index in [2.05, 4.69) is 21.5 Å². The van der Waals surface area contributed by atoms with Gasteiger partial charge in [-0.25, -0.2) is 14.6 Å². The van der Waals surface area contributed by atoms with E-state index in [1.165, 1.54) is 28.1 Å². The fourth-order valence-corrected chi connectivity index (χ4v) is 5.28. The third-order valence-corrected chi connectivity index (χ3v) is 7.08. The van der Waals surface area contributed by atoms with E-state index in [-0.39, 0.29) is 18.1 Å². The minimum Gasteiger partial charge on any atom is -0.323 e. The molecular weight excluding hydrogens is 465 g/mol. The number of benzene rings is 2. The van der Waals surface area contributed by atoms with Crippen LogP contribution in [0, 0.1) is 0 Å². The molecule has 1 aliphatic rings. The maximum Gasteiger partial charge on any atom is 0.416 e. The molecule has 0 aliphatic carbocycles. The number of hydrogen-bond donors (Lipinski definition) is 1. The van der Waals surface area contributed by atoms with E-state index in [0.29, 0.717) is 24.7 Å². The molecule has 4 aromatic rings. The first-order valence-corrected chi connectivity index (χ1v) is 11.6. The van der Waals surface area contributed by atoms with Crippen LogP contribution in [0.25, 0.3) is 15.9 Å². The number of anilines is 1. The zero-order valence-electron chi connectivity index (χ0n) is 18.0. The first kappa shape index (κ1) is 22.5. The van der Waals surface area contributed by atoms with Crippen molar-refractivity contribution in [3.63, 3.8) is 0 Å². The van der Waals surface area contributed by atoms with Crippen LogP contribution in [-0.4, -0.2) is 50.2 Å². The average molecular weight is 487 g/mol. The predicted octanol–water partition coefficient (Wildman–Crippen LogP) is 4.71. The van der Waals surface area contributed by atoms with Gasteiger partial charge in [-0.05, 0) is 56.3 Å². The van der Waals surface area contributed by atoms with Crippen molar-refractivity contribution >= 4 is 33.1 Å². The second kappa shape index (κ2) is 9.15. The number of piperidine rings is 1. The lowest BCUT2D eigenvalue weighted by molar-refractivity contribution is -0.137. The van der Waals surface area contributed by atoms with E-state index < -0.39 is 11.7 Å². The number of hydrogen-bond acceptors (Lipinski definition) is 6. The number of aromatic nitrogens is 4. The molecule has 0 bridgehead atoms. The van der Waals surface area contributed by atoms with Crippen molar-refractivity contribution in [1.29, 1.82) is 0 Å². The summed E-state index contributed by atoms with van der Waals surface area (Å²) in [6, 6.07) is 11.2. The Morgan fingerprint density at radius 3 is 2.65 bits per heavy atom. The smallest absolute Gasteiger partial charge is 0.323 e. The molecule has 11 heteroatoms. The molecule has 34 heavy (non-hydrogen) atoms. The number of carbonyl (C=O) groups excluding carboxylic acids is 1. The van der Waals surface area contributed by atoms with E-state index in [1.807, 2.05) is 23.1 Å². The standard InChI is InChI=1S/C23H21F3N6OS/c24-23(25,26)16-5-6-19(32-14-27-13-28-32)18(11-16)29-21(33)12-31-9-7-15(8-10-31)22-30-17-3-1-2-4-20(17)34-22/h1-6,11,13-15H,7-10,12H2,(H,29,33). The lowest BCUT2D eigenvalue weighted by Crippen LogP contribution is -2.38. The van der Waals surface area contributed by atoms with Crippen LogP contribution in [0.2, 0.25) is 0 Å². The summed E-state index contributed by atoms with van der Waals surface area (Å²) >= 11 is 1.71. The van der Waals surface area contributed by atoms with Crippen molar-refractivity contribution in [2.24, 2.45) is 0 Å². The average Bonchev–Trinajstić information content (AvgIpc) is 3.49. The molecule has 0 unspecified atom stereocenters. The highest BCUT2D eigenvalue weighted by molar-refractivity contribution is 7.18. The van der Waals surface area contributed by atoms with Crippen molar-refractivity contribution < 1.29 is 18.0 Å². The highest BCUT2D eigenvalue weighted by Crippen LogP contribution is 2.35. The molecule has 176 valence electrons. The lowest BCUT2D eigenvalue weighted by Gasteiger charge is -2.30. The molecule has 1 saturated heterocycles. The number of nitrogens with zero attached hydrogens (tertiary/aromatic N) is 5. The summed E-state index contributed by atoms with van der Waals surface area (Å²) in [6.07, 6.45) is -0.130. The third-order valence-electron chi connectivity index (χ3n) is 5.88. The molecule has 5 rings (SSSR count). The molecule has 1 fully saturated rings. The van der Waals surface area contributed by atoms with Gasteiger partial charge in [0.05, 0.1) is 38.7 Å². The number of likely N-dealkylation sites (tertiary alicyclic amines) is 1. The van der Waals surface area contributed by atoms with Crippen LogP contribution in [0.3, 0.4) is 0 Å². The minimum atomic E-state index is -4.52. The fraction of sp³-hybridized carbons (Fsp3) is 0.304. The van der Waals surface area contributed by atoms with Crippen LogP contribution in [0.4, 0.5) is 18.9 Å². The molecule has 0 spiro atoms. The molecule has 0 atom stereocenters. The highest BCUT2D eigenvalue weighted by Gasteiger charge is 2.32. The van der Waals surface area contributed by atoms with Gasteiger partial charge in [-0.2, -0.15) is 18.3 Å². The summed E-state index contributed by atoms with van der Waals surface area (Å²) in [4.78, 5) is 23.3. The van der Waals surface area contributed by atoms with E-state index in [1.54, 1.807) is 11.3 Å².